The lowest BCUT2D eigenvalue weighted by molar-refractivity contribution is 1.78. The maximum Gasteiger partial charge on any atom is 0.0904 e. The van der Waals surface area contributed by atoms with E-state index in [9.17, 15) is 0 Å². The predicted molar refractivity (Wildman–Crippen MR) is 93.6 cm³/mol. The van der Waals surface area contributed by atoms with E-state index in [1.54, 1.807) is 22.7 Å². The van der Waals surface area contributed by atoms with Crippen LogP contribution in [0.3, 0.4) is 0 Å². The third kappa shape index (κ3) is 3.04. The Labute approximate surface area is 124 Å². The first-order chi connectivity index (χ1) is 9.00. The molecule has 0 amide bonds. The molecule has 0 saturated heterocycles. The van der Waals surface area contributed by atoms with Crippen LogP contribution in [0.5, 0.6) is 0 Å². The summed E-state index contributed by atoms with van der Waals surface area (Å²) in [5, 5.41) is 0. The second kappa shape index (κ2) is 4.74. The highest BCUT2D eigenvalue weighted by atomic mass is 32.1. The quantitative estimate of drug-likeness (QED) is 0.728. The molecule has 0 aromatic carbocycles. The Hall–Kier alpha value is -0.166. The van der Waals surface area contributed by atoms with Crippen molar-refractivity contribution in [2.45, 2.75) is 39.3 Å². The van der Waals surface area contributed by atoms with E-state index in [1.807, 2.05) is 12.1 Å². The topological polar surface area (TPSA) is 0 Å². The maximum atomic E-state index is 8.24. The van der Waals surface area contributed by atoms with Crippen LogP contribution >= 0.6 is 22.7 Å². The summed E-state index contributed by atoms with van der Waals surface area (Å²) in [4.78, 5) is 2.00. The zero-order valence-electron chi connectivity index (χ0n) is 14.0. The average molecular weight is 313 g/mol. The van der Waals surface area contributed by atoms with Crippen LogP contribution in [0.2, 0.25) is 39.3 Å². The summed E-state index contributed by atoms with van der Waals surface area (Å²) in [6, 6.07) is 5.26. The van der Waals surface area contributed by atoms with Crippen molar-refractivity contribution in [2.75, 3.05) is 0 Å². The largest absolute Gasteiger partial charge is 0.144 e. The Morgan fingerprint density at radius 2 is 1.11 bits per heavy atom. The van der Waals surface area contributed by atoms with Gasteiger partial charge in [0.05, 0.1) is 18.9 Å². The fourth-order valence-electron chi connectivity index (χ4n) is 1.56. The number of hydrogen-bond acceptors (Lipinski definition) is 2. The summed E-state index contributed by atoms with van der Waals surface area (Å²) >= 11 is 3.48. The molecule has 2 heterocycles. The molecule has 0 fully saturated rings. The highest BCUT2D eigenvalue weighted by Crippen LogP contribution is 2.29. The molecule has 4 heteroatoms. The van der Waals surface area contributed by atoms with E-state index < -0.39 is 16.1 Å². The normalized spacial score (nSPS) is 14.6. The van der Waals surface area contributed by atoms with E-state index in [2.05, 4.69) is 39.3 Å². The third-order valence-electron chi connectivity index (χ3n) is 2.78. The van der Waals surface area contributed by atoms with Crippen LogP contribution in [0.1, 0.15) is 2.74 Å². The summed E-state index contributed by atoms with van der Waals surface area (Å²) in [7, 11) is -2.75. The van der Waals surface area contributed by atoms with Gasteiger partial charge in [0.25, 0.3) is 0 Å². The molecule has 2 rings (SSSR count). The highest BCUT2D eigenvalue weighted by molar-refractivity contribution is 7.33. The average Bonchev–Trinajstić information content (AvgIpc) is 2.80. The van der Waals surface area contributed by atoms with E-state index in [0.717, 1.165) is 9.75 Å². The van der Waals surface area contributed by atoms with Gasteiger partial charge in [0.15, 0.2) is 0 Å². The van der Waals surface area contributed by atoms with Gasteiger partial charge in [-0.25, -0.2) is 0 Å². The van der Waals surface area contributed by atoms with Crippen LogP contribution in [0.4, 0.5) is 0 Å². The Bertz CT molecular complexity index is 574. The molecular formula is C14H22S2Si2. The molecule has 0 radical (unpaired) electrons. The van der Waals surface area contributed by atoms with Crippen molar-refractivity contribution in [3.8, 4) is 9.75 Å². The summed E-state index contributed by atoms with van der Waals surface area (Å²) in [6.07, 6.45) is 0. The zero-order valence-corrected chi connectivity index (χ0v) is 15.6. The van der Waals surface area contributed by atoms with E-state index in [4.69, 9.17) is 2.74 Å². The van der Waals surface area contributed by atoms with Gasteiger partial charge in [0, 0.05) is 9.75 Å². The number of rotatable bonds is 3. The summed E-state index contributed by atoms with van der Waals surface area (Å²) < 4.78 is 19.2. The van der Waals surface area contributed by atoms with Crippen molar-refractivity contribution in [1.82, 2.24) is 0 Å². The fraction of sp³-hybridized carbons (Fsp3) is 0.429. The van der Waals surface area contributed by atoms with Gasteiger partial charge in [-0.15, -0.1) is 22.7 Å². The molecule has 0 N–H and O–H groups in total. The second-order valence-corrected chi connectivity index (χ2v) is 19.6. The van der Waals surface area contributed by atoms with E-state index >= 15 is 0 Å². The summed E-state index contributed by atoms with van der Waals surface area (Å²) in [6.45, 7) is 13.9. The minimum atomic E-state index is -1.37. The van der Waals surface area contributed by atoms with Crippen molar-refractivity contribution in [1.29, 1.82) is 0 Å². The smallest absolute Gasteiger partial charge is 0.0904 e. The van der Waals surface area contributed by atoms with Crippen LogP contribution in [-0.2, 0) is 0 Å². The molecule has 0 spiro atoms. The molecule has 0 unspecified atom stereocenters. The van der Waals surface area contributed by atoms with Crippen LogP contribution in [-0.4, -0.2) is 16.1 Å². The lowest BCUT2D eigenvalue weighted by Gasteiger charge is -2.12. The Morgan fingerprint density at radius 3 is 1.33 bits per heavy atom. The van der Waals surface area contributed by atoms with Crippen LogP contribution in [0.25, 0.3) is 9.75 Å². The second-order valence-electron chi connectivity index (χ2n) is 6.67. The zero-order chi connectivity index (χ0) is 15.3. The summed E-state index contributed by atoms with van der Waals surface area (Å²) in [5.41, 5.74) is 0. The van der Waals surface area contributed by atoms with Crippen molar-refractivity contribution in [2.24, 2.45) is 0 Å². The van der Waals surface area contributed by atoms with Crippen molar-refractivity contribution in [3.63, 3.8) is 0 Å². The lowest BCUT2D eigenvalue weighted by Crippen LogP contribution is -2.34. The molecule has 0 aliphatic heterocycles. The van der Waals surface area contributed by atoms with Crippen LogP contribution < -0.4 is 9.00 Å². The first-order valence-electron chi connectivity index (χ1n) is 7.22. The van der Waals surface area contributed by atoms with Crippen molar-refractivity contribution >= 4 is 47.8 Å². The maximum absolute atomic E-state index is 8.24. The predicted octanol–water partition coefficient (Wildman–Crippen LogP) is 4.57. The highest BCUT2D eigenvalue weighted by Gasteiger charge is 2.21. The minimum absolute atomic E-state index is 0.602. The number of thiophene rings is 2. The molecule has 0 aliphatic carbocycles. The molecular weight excluding hydrogens is 288 g/mol. The molecule has 0 nitrogen and oxygen atoms in total. The van der Waals surface area contributed by atoms with Gasteiger partial charge < -0.3 is 0 Å². The standard InChI is InChI=1S/C14H22S2Si2/c1-17(2,3)13-9-7-11(15-13)12-8-10-14(16-12)18(4,5)6/h7-10H,1-6H3/i7D,8D. The van der Waals surface area contributed by atoms with Gasteiger partial charge in [-0.2, -0.15) is 0 Å². The van der Waals surface area contributed by atoms with Gasteiger partial charge in [-0.05, 0) is 21.1 Å². The molecule has 0 aliphatic rings. The van der Waals surface area contributed by atoms with Crippen molar-refractivity contribution in [3.05, 3.63) is 24.2 Å². The molecule has 98 valence electrons. The molecule has 0 bridgehead atoms. The van der Waals surface area contributed by atoms with Gasteiger partial charge in [0.2, 0.25) is 0 Å². The van der Waals surface area contributed by atoms with Crippen molar-refractivity contribution < 1.29 is 2.74 Å². The molecule has 2 aromatic heterocycles. The molecule has 0 atom stereocenters. The third-order valence-corrected chi connectivity index (χ3v) is 12.2. The minimum Gasteiger partial charge on any atom is -0.144 e. The Balaban J connectivity index is 2.53. The molecule has 18 heavy (non-hydrogen) atoms. The molecule has 2 aromatic rings. The Kier molecular flexibility index (Phi) is 3.07. The SMILES string of the molecule is [2H]c1cc([Si](C)(C)C)sc1-c1sc([Si](C)(C)C)cc1[2H]. The Morgan fingerprint density at radius 1 is 0.778 bits per heavy atom. The van der Waals surface area contributed by atoms with Gasteiger partial charge in [-0.3, -0.25) is 0 Å². The first-order valence-corrected chi connectivity index (χ1v) is 14.9. The monoisotopic (exact) mass is 312 g/mol. The lowest BCUT2D eigenvalue weighted by atomic mass is 10.4. The van der Waals surface area contributed by atoms with Gasteiger partial charge >= 0.3 is 0 Å². The van der Waals surface area contributed by atoms with Crippen LogP contribution in [0, 0.1) is 0 Å². The van der Waals surface area contributed by atoms with Gasteiger partial charge in [0.1, 0.15) is 0 Å². The van der Waals surface area contributed by atoms with Gasteiger partial charge in [-0.1, -0.05) is 51.4 Å². The first kappa shape index (κ1) is 11.6. The van der Waals surface area contributed by atoms with E-state index in [-0.39, 0.29) is 0 Å². The molecule has 0 saturated carbocycles. The van der Waals surface area contributed by atoms with E-state index in [0.29, 0.717) is 12.1 Å². The fourth-order valence-corrected chi connectivity index (χ4v) is 7.10. The summed E-state index contributed by atoms with van der Waals surface area (Å²) in [5.74, 6) is 0. The van der Waals surface area contributed by atoms with E-state index in [1.165, 1.54) is 9.00 Å². The number of hydrogen-bond donors (Lipinski definition) is 0. The van der Waals surface area contributed by atoms with Crippen LogP contribution in [0.15, 0.2) is 24.2 Å².